The predicted molar refractivity (Wildman–Crippen MR) is 82.3 cm³/mol. The normalized spacial score (nSPS) is 18.6. The molecular formula is C16H24N2O2. The summed E-state index contributed by atoms with van der Waals surface area (Å²) in [5.74, 6) is 0.594. The van der Waals surface area contributed by atoms with Gasteiger partial charge in [0, 0.05) is 26.7 Å². The van der Waals surface area contributed by atoms with Crippen LogP contribution in [-0.4, -0.2) is 39.3 Å². The van der Waals surface area contributed by atoms with Crippen LogP contribution in [0.25, 0.3) is 0 Å². The van der Waals surface area contributed by atoms with Crippen LogP contribution < -0.4 is 9.80 Å². The van der Waals surface area contributed by atoms with Gasteiger partial charge in [-0.05, 0) is 25.0 Å². The maximum Gasteiger partial charge on any atom is 0.229 e. The summed E-state index contributed by atoms with van der Waals surface area (Å²) in [7, 11) is 2.09. The van der Waals surface area contributed by atoms with Crippen LogP contribution in [0.15, 0.2) is 24.3 Å². The Labute approximate surface area is 121 Å². The summed E-state index contributed by atoms with van der Waals surface area (Å²) in [5, 5.41) is 0. The van der Waals surface area contributed by atoms with Crippen molar-refractivity contribution in [1.29, 1.82) is 0 Å². The van der Waals surface area contributed by atoms with Crippen molar-refractivity contribution in [3.05, 3.63) is 24.3 Å². The number of hydrogen-bond acceptors (Lipinski definition) is 3. The van der Waals surface area contributed by atoms with Crippen LogP contribution in [0.1, 0.15) is 20.3 Å². The molecule has 2 rings (SSSR count). The highest BCUT2D eigenvalue weighted by atomic mass is 16.5. The molecule has 1 aliphatic rings. The minimum atomic E-state index is 0.146. The lowest BCUT2D eigenvalue weighted by Crippen LogP contribution is -2.35. The Hall–Kier alpha value is -1.55. The fourth-order valence-corrected chi connectivity index (χ4v) is 2.72. The number of carbonyl (C=O) groups is 1. The van der Waals surface area contributed by atoms with Gasteiger partial charge >= 0.3 is 0 Å². The van der Waals surface area contributed by atoms with Gasteiger partial charge in [-0.1, -0.05) is 19.1 Å². The van der Waals surface area contributed by atoms with E-state index in [1.165, 1.54) is 0 Å². The van der Waals surface area contributed by atoms with Gasteiger partial charge in [-0.15, -0.1) is 0 Å². The van der Waals surface area contributed by atoms with E-state index < -0.39 is 0 Å². The molecule has 0 aliphatic carbocycles. The van der Waals surface area contributed by atoms with Crippen LogP contribution in [-0.2, 0) is 9.53 Å². The summed E-state index contributed by atoms with van der Waals surface area (Å²) in [6, 6.07) is 8.12. The lowest BCUT2D eigenvalue weighted by Gasteiger charge is -2.24. The lowest BCUT2D eigenvalue weighted by atomic mass is 10.1. The highest BCUT2D eigenvalue weighted by Crippen LogP contribution is 2.32. The van der Waals surface area contributed by atoms with E-state index in [4.69, 9.17) is 4.74 Å². The Morgan fingerprint density at radius 3 is 2.70 bits per heavy atom. The molecule has 1 aliphatic heterocycles. The molecule has 0 radical (unpaired) electrons. The van der Waals surface area contributed by atoms with Gasteiger partial charge in [0.2, 0.25) is 5.91 Å². The minimum Gasteiger partial charge on any atom is -0.381 e. The van der Waals surface area contributed by atoms with Crippen LogP contribution in [0.4, 0.5) is 11.4 Å². The van der Waals surface area contributed by atoms with Crippen LogP contribution in [0.5, 0.6) is 0 Å². The second kappa shape index (κ2) is 6.75. The van der Waals surface area contributed by atoms with Crippen molar-refractivity contribution in [1.82, 2.24) is 0 Å². The molecule has 20 heavy (non-hydrogen) atoms. The third-order valence-corrected chi connectivity index (χ3v) is 3.63. The topological polar surface area (TPSA) is 32.8 Å². The van der Waals surface area contributed by atoms with Gasteiger partial charge in [-0.3, -0.25) is 4.79 Å². The number of carbonyl (C=O) groups excluding carboxylic acids is 1. The summed E-state index contributed by atoms with van der Waals surface area (Å²) in [6.07, 6.45) is 0.443. The van der Waals surface area contributed by atoms with E-state index in [2.05, 4.69) is 24.9 Å². The van der Waals surface area contributed by atoms with E-state index in [0.717, 1.165) is 24.5 Å². The molecule has 1 amide bonds. The Morgan fingerprint density at radius 2 is 2.00 bits per heavy atom. The Kier molecular flexibility index (Phi) is 5.01. The number of nitrogens with zero attached hydrogens (tertiary/aromatic N) is 2. The van der Waals surface area contributed by atoms with E-state index in [1.807, 2.05) is 30.0 Å². The molecule has 0 unspecified atom stereocenters. The molecule has 4 nitrogen and oxygen atoms in total. The van der Waals surface area contributed by atoms with Gasteiger partial charge < -0.3 is 14.5 Å². The number of rotatable bonds is 4. The molecule has 0 aromatic heterocycles. The number of anilines is 2. The SMILES string of the molecule is CCOCCC(=O)N1C[C@H](C)CN(C)c2ccccc21. The van der Waals surface area contributed by atoms with Gasteiger partial charge in [-0.2, -0.15) is 0 Å². The molecular weight excluding hydrogens is 252 g/mol. The Bertz CT molecular complexity index is 462. The second-order valence-corrected chi connectivity index (χ2v) is 5.43. The zero-order chi connectivity index (χ0) is 14.5. The number of hydrogen-bond donors (Lipinski definition) is 0. The number of benzene rings is 1. The minimum absolute atomic E-state index is 0.146. The maximum absolute atomic E-state index is 12.5. The van der Waals surface area contributed by atoms with Crippen molar-refractivity contribution in [3.63, 3.8) is 0 Å². The van der Waals surface area contributed by atoms with Crippen LogP contribution in [0.3, 0.4) is 0 Å². The van der Waals surface area contributed by atoms with Gasteiger partial charge in [-0.25, -0.2) is 0 Å². The molecule has 0 saturated heterocycles. The van der Waals surface area contributed by atoms with E-state index in [1.54, 1.807) is 0 Å². The highest BCUT2D eigenvalue weighted by Gasteiger charge is 2.25. The van der Waals surface area contributed by atoms with Crippen molar-refractivity contribution in [3.8, 4) is 0 Å². The molecule has 1 aromatic rings. The summed E-state index contributed by atoms with van der Waals surface area (Å²) in [4.78, 5) is 16.6. The van der Waals surface area contributed by atoms with Crippen LogP contribution in [0.2, 0.25) is 0 Å². The average Bonchev–Trinajstić information content (AvgIpc) is 2.56. The van der Waals surface area contributed by atoms with Gasteiger partial charge in [0.15, 0.2) is 0 Å². The fourth-order valence-electron chi connectivity index (χ4n) is 2.72. The molecule has 1 aromatic carbocycles. The first-order chi connectivity index (χ1) is 9.63. The molecule has 0 fully saturated rings. The van der Waals surface area contributed by atoms with E-state index in [9.17, 15) is 4.79 Å². The number of ether oxygens (including phenoxy) is 1. The number of amides is 1. The molecule has 1 heterocycles. The Morgan fingerprint density at radius 1 is 1.30 bits per heavy atom. The van der Waals surface area contributed by atoms with E-state index in [-0.39, 0.29) is 5.91 Å². The van der Waals surface area contributed by atoms with Gasteiger partial charge in [0.05, 0.1) is 24.4 Å². The standard InChI is InChI=1S/C16H24N2O2/c1-4-20-10-9-16(19)18-12-13(2)11-17(3)14-7-5-6-8-15(14)18/h5-8,13H,4,9-12H2,1-3H3/t13-/m1/s1. The molecule has 0 saturated carbocycles. The number of fused-ring (bicyclic) bond motifs is 1. The van der Waals surface area contributed by atoms with E-state index >= 15 is 0 Å². The first kappa shape index (κ1) is 14.9. The third-order valence-electron chi connectivity index (χ3n) is 3.63. The molecule has 4 heteroatoms. The summed E-state index contributed by atoms with van der Waals surface area (Å²) < 4.78 is 5.30. The van der Waals surface area contributed by atoms with Crippen molar-refractivity contribution in [2.45, 2.75) is 20.3 Å². The average molecular weight is 276 g/mol. The molecule has 110 valence electrons. The lowest BCUT2D eigenvalue weighted by molar-refractivity contribution is -0.119. The molecule has 0 spiro atoms. The first-order valence-corrected chi connectivity index (χ1v) is 7.31. The summed E-state index contributed by atoms with van der Waals surface area (Å²) in [5.41, 5.74) is 2.14. The van der Waals surface area contributed by atoms with Gasteiger partial charge in [0.25, 0.3) is 0 Å². The maximum atomic E-state index is 12.5. The Balaban J connectivity index is 2.22. The predicted octanol–water partition coefficient (Wildman–Crippen LogP) is 2.53. The quantitative estimate of drug-likeness (QED) is 0.792. The van der Waals surface area contributed by atoms with Crippen molar-refractivity contribution < 1.29 is 9.53 Å². The largest absolute Gasteiger partial charge is 0.381 e. The zero-order valence-electron chi connectivity index (χ0n) is 12.6. The summed E-state index contributed by atoms with van der Waals surface area (Å²) in [6.45, 7) is 7.02. The second-order valence-electron chi connectivity index (χ2n) is 5.43. The van der Waals surface area contributed by atoms with E-state index in [0.29, 0.717) is 25.6 Å². The molecule has 0 N–H and O–H groups in total. The fraction of sp³-hybridized carbons (Fsp3) is 0.562. The molecule has 0 bridgehead atoms. The zero-order valence-corrected chi connectivity index (χ0v) is 12.6. The van der Waals surface area contributed by atoms with Crippen LogP contribution >= 0.6 is 0 Å². The van der Waals surface area contributed by atoms with Crippen molar-refractivity contribution in [2.24, 2.45) is 5.92 Å². The third kappa shape index (κ3) is 3.31. The van der Waals surface area contributed by atoms with Crippen molar-refractivity contribution in [2.75, 3.05) is 43.2 Å². The highest BCUT2D eigenvalue weighted by molar-refractivity contribution is 5.97. The smallest absolute Gasteiger partial charge is 0.229 e. The number of para-hydroxylation sites is 2. The van der Waals surface area contributed by atoms with Gasteiger partial charge in [0.1, 0.15) is 0 Å². The van der Waals surface area contributed by atoms with Crippen LogP contribution in [0, 0.1) is 5.92 Å². The monoisotopic (exact) mass is 276 g/mol. The first-order valence-electron chi connectivity index (χ1n) is 7.31. The molecule has 1 atom stereocenters. The van der Waals surface area contributed by atoms with Crippen molar-refractivity contribution >= 4 is 17.3 Å². The summed E-state index contributed by atoms with van der Waals surface area (Å²) >= 11 is 0.